The van der Waals surface area contributed by atoms with Gasteiger partial charge in [0.05, 0.1) is 5.75 Å². The zero-order valence-electron chi connectivity index (χ0n) is 16.3. The molecular weight excluding hydrogens is 390 g/mol. The molecule has 2 fully saturated rings. The smallest absolute Gasteiger partial charge is 0.238 e. The largest absolute Gasteiger partial charge is 0.372 e. The van der Waals surface area contributed by atoms with Gasteiger partial charge in [-0.2, -0.15) is 0 Å². The minimum absolute atomic E-state index is 0.0471. The quantitative estimate of drug-likeness (QED) is 0.499. The van der Waals surface area contributed by atoms with Gasteiger partial charge in [0.25, 0.3) is 0 Å². The molecule has 0 saturated carbocycles. The molecule has 5 nitrogen and oxygen atoms in total. The van der Waals surface area contributed by atoms with Crippen LogP contribution in [-0.4, -0.2) is 46.4 Å². The number of hydrogen-bond acceptors (Lipinski definition) is 5. The normalized spacial score (nSPS) is 17.7. The molecule has 2 amide bonds. The summed E-state index contributed by atoms with van der Waals surface area (Å²) in [6.45, 7) is 2.92. The van der Waals surface area contributed by atoms with Crippen molar-refractivity contribution in [2.75, 3.05) is 35.6 Å². The van der Waals surface area contributed by atoms with Crippen LogP contribution in [0.2, 0.25) is 0 Å². The Morgan fingerprint density at radius 2 is 1.75 bits per heavy atom. The van der Waals surface area contributed by atoms with Crippen LogP contribution >= 0.6 is 24.0 Å². The molecule has 7 heteroatoms. The maximum absolute atomic E-state index is 12.2. The molecule has 0 radical (unpaired) electrons. The van der Waals surface area contributed by atoms with Gasteiger partial charge in [0, 0.05) is 37.4 Å². The Kier molecular flexibility index (Phi) is 8.15. The molecule has 2 heterocycles. The predicted octanol–water partition coefficient (Wildman–Crippen LogP) is 4.43. The number of hydrogen-bond donors (Lipinski definition) is 1. The molecule has 1 aromatic carbocycles. The summed E-state index contributed by atoms with van der Waals surface area (Å²) in [5.74, 6) is 0.625. The lowest BCUT2D eigenvalue weighted by molar-refractivity contribution is -0.124. The monoisotopic (exact) mass is 419 g/mol. The molecule has 0 atom stereocenters. The summed E-state index contributed by atoms with van der Waals surface area (Å²) < 4.78 is 0.686. The van der Waals surface area contributed by atoms with Crippen LogP contribution in [-0.2, 0) is 9.59 Å². The summed E-state index contributed by atoms with van der Waals surface area (Å²) in [6.07, 6.45) is 8.28. The highest BCUT2D eigenvalue weighted by Crippen LogP contribution is 2.22. The molecule has 3 rings (SSSR count). The first-order chi connectivity index (χ1) is 13.6. The van der Waals surface area contributed by atoms with E-state index in [1.54, 1.807) is 4.90 Å². The number of rotatable bonds is 8. The maximum atomic E-state index is 12.2. The number of unbranched alkanes of at least 4 members (excludes halogenated alkanes) is 2. The van der Waals surface area contributed by atoms with E-state index >= 15 is 0 Å². The topological polar surface area (TPSA) is 52.7 Å². The first-order valence-electron chi connectivity index (χ1n) is 10.3. The van der Waals surface area contributed by atoms with E-state index in [9.17, 15) is 9.59 Å². The van der Waals surface area contributed by atoms with E-state index in [0.29, 0.717) is 23.0 Å². The zero-order valence-corrected chi connectivity index (χ0v) is 18.0. The fourth-order valence-corrected chi connectivity index (χ4v) is 4.76. The van der Waals surface area contributed by atoms with Crippen LogP contribution in [0.1, 0.15) is 51.4 Å². The number of thioether (sulfide) groups is 1. The highest BCUT2D eigenvalue weighted by atomic mass is 32.2. The van der Waals surface area contributed by atoms with Gasteiger partial charge in [-0.15, -0.1) is 0 Å². The van der Waals surface area contributed by atoms with E-state index in [0.717, 1.165) is 38.0 Å². The highest BCUT2D eigenvalue weighted by molar-refractivity contribution is 8.23. The van der Waals surface area contributed by atoms with E-state index in [1.165, 1.54) is 43.1 Å². The Balaban J connectivity index is 1.34. The second-order valence-corrected chi connectivity index (χ2v) is 9.02. The van der Waals surface area contributed by atoms with Gasteiger partial charge in [-0.3, -0.25) is 14.5 Å². The van der Waals surface area contributed by atoms with Gasteiger partial charge < -0.3 is 10.2 Å². The molecule has 0 aromatic heterocycles. The number of anilines is 2. The average molecular weight is 420 g/mol. The van der Waals surface area contributed by atoms with Crippen molar-refractivity contribution in [3.05, 3.63) is 24.3 Å². The standard InChI is InChI=1S/C21H29N3O2S2/c25-19(8-4-3-7-15-24-20(26)16-28-21(24)27)22-17-9-11-18(12-10-17)23-13-5-1-2-6-14-23/h9-12H,1-8,13-16H2,(H,22,25). The van der Waals surface area contributed by atoms with Gasteiger partial charge in [-0.25, -0.2) is 0 Å². The van der Waals surface area contributed by atoms with E-state index in [-0.39, 0.29) is 11.8 Å². The van der Waals surface area contributed by atoms with Crippen LogP contribution in [0.15, 0.2) is 24.3 Å². The molecule has 0 bridgehead atoms. The fraction of sp³-hybridized carbons (Fsp3) is 0.571. The predicted molar refractivity (Wildman–Crippen MR) is 121 cm³/mol. The Hall–Kier alpha value is -1.60. The molecule has 2 aliphatic heterocycles. The molecule has 28 heavy (non-hydrogen) atoms. The first kappa shape index (κ1) is 21.1. The highest BCUT2D eigenvalue weighted by Gasteiger charge is 2.25. The third-order valence-corrected chi connectivity index (χ3v) is 6.68. The molecule has 0 aliphatic carbocycles. The second kappa shape index (κ2) is 10.8. The van der Waals surface area contributed by atoms with Crippen LogP contribution in [0, 0.1) is 0 Å². The van der Waals surface area contributed by atoms with E-state index in [2.05, 4.69) is 22.3 Å². The van der Waals surface area contributed by atoms with Crippen LogP contribution in [0.5, 0.6) is 0 Å². The Bertz CT molecular complexity index is 669. The number of amides is 2. The van der Waals surface area contributed by atoms with Gasteiger partial charge >= 0.3 is 0 Å². The number of benzene rings is 1. The van der Waals surface area contributed by atoms with Crippen molar-refractivity contribution in [3.8, 4) is 0 Å². The van der Waals surface area contributed by atoms with Gasteiger partial charge in [-0.05, 0) is 49.9 Å². The van der Waals surface area contributed by atoms with Crippen molar-refractivity contribution in [2.24, 2.45) is 0 Å². The van der Waals surface area contributed by atoms with Crippen molar-refractivity contribution in [2.45, 2.75) is 51.4 Å². The number of nitrogens with zero attached hydrogens (tertiary/aromatic N) is 2. The van der Waals surface area contributed by atoms with Crippen molar-refractivity contribution < 1.29 is 9.59 Å². The molecule has 0 unspecified atom stereocenters. The number of carbonyl (C=O) groups excluding carboxylic acids is 2. The van der Waals surface area contributed by atoms with Gasteiger partial charge in [0.2, 0.25) is 11.8 Å². The van der Waals surface area contributed by atoms with Crippen LogP contribution < -0.4 is 10.2 Å². The minimum atomic E-state index is 0.0471. The van der Waals surface area contributed by atoms with Crippen LogP contribution in [0.3, 0.4) is 0 Å². The lowest BCUT2D eigenvalue weighted by atomic mass is 10.1. The lowest BCUT2D eigenvalue weighted by Gasteiger charge is -2.22. The lowest BCUT2D eigenvalue weighted by Crippen LogP contribution is -2.29. The summed E-state index contributed by atoms with van der Waals surface area (Å²) in [5.41, 5.74) is 2.10. The molecular formula is C21H29N3O2S2. The number of carbonyl (C=O) groups is 2. The summed E-state index contributed by atoms with van der Waals surface area (Å²) in [7, 11) is 0. The Morgan fingerprint density at radius 3 is 2.39 bits per heavy atom. The third-order valence-electron chi connectivity index (χ3n) is 5.25. The Labute approximate surface area is 177 Å². The maximum Gasteiger partial charge on any atom is 0.238 e. The number of thiocarbonyl (C=S) groups is 1. The summed E-state index contributed by atoms with van der Waals surface area (Å²) in [5, 5.41) is 2.98. The summed E-state index contributed by atoms with van der Waals surface area (Å²) >= 11 is 6.60. The second-order valence-electron chi connectivity index (χ2n) is 7.41. The van der Waals surface area contributed by atoms with Crippen molar-refractivity contribution in [1.29, 1.82) is 0 Å². The van der Waals surface area contributed by atoms with Crippen LogP contribution in [0.4, 0.5) is 11.4 Å². The fourth-order valence-electron chi connectivity index (χ4n) is 3.64. The minimum Gasteiger partial charge on any atom is -0.372 e. The summed E-state index contributed by atoms with van der Waals surface area (Å²) in [4.78, 5) is 27.9. The average Bonchev–Trinajstić information content (AvgIpc) is 2.90. The first-order valence-corrected chi connectivity index (χ1v) is 11.6. The molecule has 0 spiro atoms. The number of nitrogens with one attached hydrogen (secondary N) is 1. The van der Waals surface area contributed by atoms with Gasteiger partial charge in [0.1, 0.15) is 4.32 Å². The molecule has 1 aromatic rings. The summed E-state index contributed by atoms with van der Waals surface area (Å²) in [6, 6.07) is 8.20. The van der Waals surface area contributed by atoms with E-state index in [4.69, 9.17) is 12.2 Å². The molecule has 1 N–H and O–H groups in total. The van der Waals surface area contributed by atoms with Crippen LogP contribution in [0.25, 0.3) is 0 Å². The van der Waals surface area contributed by atoms with Crippen molar-refractivity contribution in [1.82, 2.24) is 4.90 Å². The molecule has 2 aliphatic rings. The van der Waals surface area contributed by atoms with Crippen molar-refractivity contribution in [3.63, 3.8) is 0 Å². The SMILES string of the molecule is O=C(CCCCCN1C(=O)CSC1=S)Nc1ccc(N2CCCCCC2)cc1. The van der Waals surface area contributed by atoms with E-state index < -0.39 is 0 Å². The van der Waals surface area contributed by atoms with Gasteiger partial charge in [0.15, 0.2) is 0 Å². The third kappa shape index (κ3) is 6.21. The van der Waals surface area contributed by atoms with Gasteiger partial charge in [-0.1, -0.05) is 43.2 Å². The molecule has 2 saturated heterocycles. The Morgan fingerprint density at radius 1 is 1.04 bits per heavy atom. The van der Waals surface area contributed by atoms with E-state index in [1.807, 2.05) is 12.1 Å². The zero-order chi connectivity index (χ0) is 19.8. The van der Waals surface area contributed by atoms with Crippen molar-refractivity contribution >= 4 is 51.5 Å². The molecule has 152 valence electrons.